The van der Waals surface area contributed by atoms with Crippen LogP contribution in [0.5, 0.6) is 0 Å². The van der Waals surface area contributed by atoms with Gasteiger partial charge in [0.05, 0.1) is 15.8 Å². The van der Waals surface area contributed by atoms with Crippen LogP contribution in [-0.2, 0) is 0 Å². The SMILES string of the molecule is NC(=O)c1cc(-c2ccccc2)sc1NC(=O)c1nc2ccccc2s1. The van der Waals surface area contributed by atoms with Gasteiger partial charge in [-0.3, -0.25) is 9.59 Å². The van der Waals surface area contributed by atoms with Gasteiger partial charge in [-0.1, -0.05) is 42.5 Å². The number of carbonyl (C=O) groups excluding carboxylic acids is 2. The number of anilines is 1. The molecule has 3 N–H and O–H groups in total. The summed E-state index contributed by atoms with van der Waals surface area (Å²) in [4.78, 5) is 29.6. The summed E-state index contributed by atoms with van der Waals surface area (Å²) in [7, 11) is 0. The molecule has 0 unspecified atom stereocenters. The molecule has 2 amide bonds. The molecule has 5 nitrogen and oxygen atoms in total. The Morgan fingerprint density at radius 1 is 0.962 bits per heavy atom. The van der Waals surface area contributed by atoms with Crippen LogP contribution < -0.4 is 11.1 Å². The molecule has 0 fully saturated rings. The highest BCUT2D eigenvalue weighted by molar-refractivity contribution is 7.21. The zero-order valence-electron chi connectivity index (χ0n) is 13.4. The number of para-hydroxylation sites is 1. The zero-order chi connectivity index (χ0) is 18.1. The predicted octanol–water partition coefficient (Wildman–Crippen LogP) is 4.38. The van der Waals surface area contributed by atoms with Crippen LogP contribution in [0.25, 0.3) is 20.7 Å². The van der Waals surface area contributed by atoms with Crippen molar-refractivity contribution in [3.05, 3.63) is 71.2 Å². The lowest BCUT2D eigenvalue weighted by Gasteiger charge is -2.01. The van der Waals surface area contributed by atoms with Crippen LogP contribution in [-0.4, -0.2) is 16.8 Å². The van der Waals surface area contributed by atoms with Gasteiger partial charge in [0.25, 0.3) is 11.8 Å². The summed E-state index contributed by atoms with van der Waals surface area (Å²) in [6.07, 6.45) is 0. The minimum Gasteiger partial charge on any atom is -0.366 e. The Morgan fingerprint density at radius 3 is 2.42 bits per heavy atom. The number of rotatable bonds is 4. The lowest BCUT2D eigenvalue weighted by atomic mass is 10.1. The molecule has 0 aliphatic heterocycles. The largest absolute Gasteiger partial charge is 0.366 e. The number of hydrogen-bond acceptors (Lipinski definition) is 5. The third-order valence-electron chi connectivity index (χ3n) is 3.77. The molecule has 0 atom stereocenters. The second kappa shape index (κ2) is 6.70. The summed E-state index contributed by atoms with van der Waals surface area (Å²) in [6.45, 7) is 0. The Morgan fingerprint density at radius 2 is 1.69 bits per heavy atom. The molecule has 2 aromatic heterocycles. The van der Waals surface area contributed by atoms with E-state index in [1.807, 2.05) is 54.6 Å². The first-order valence-electron chi connectivity index (χ1n) is 7.78. The lowest BCUT2D eigenvalue weighted by Crippen LogP contribution is -2.16. The summed E-state index contributed by atoms with van der Waals surface area (Å²) in [6, 6.07) is 18.9. The molecule has 2 aromatic carbocycles. The van der Waals surface area contributed by atoms with Crippen molar-refractivity contribution in [1.82, 2.24) is 4.98 Å². The summed E-state index contributed by atoms with van der Waals surface area (Å²) >= 11 is 2.62. The molecular formula is C19H13N3O2S2. The van der Waals surface area contributed by atoms with E-state index in [1.165, 1.54) is 22.7 Å². The summed E-state index contributed by atoms with van der Waals surface area (Å²) in [5.74, 6) is -0.932. The maximum absolute atomic E-state index is 12.6. The molecule has 0 spiro atoms. The number of amides is 2. The van der Waals surface area contributed by atoms with E-state index in [-0.39, 0.29) is 5.91 Å². The Hall–Kier alpha value is -3.03. The highest BCUT2D eigenvalue weighted by Crippen LogP contribution is 2.35. The van der Waals surface area contributed by atoms with Crippen LogP contribution in [0.1, 0.15) is 20.2 Å². The van der Waals surface area contributed by atoms with E-state index < -0.39 is 5.91 Å². The van der Waals surface area contributed by atoms with Gasteiger partial charge in [-0.05, 0) is 23.8 Å². The Labute approximate surface area is 157 Å². The second-order valence-corrected chi connectivity index (χ2v) is 7.61. The fraction of sp³-hybridized carbons (Fsp3) is 0. The average molecular weight is 379 g/mol. The van der Waals surface area contributed by atoms with Crippen molar-refractivity contribution in [2.45, 2.75) is 0 Å². The van der Waals surface area contributed by atoms with Crippen molar-refractivity contribution in [3.8, 4) is 10.4 Å². The molecule has 0 saturated carbocycles. The molecular weight excluding hydrogens is 366 g/mol. The third-order valence-corrected chi connectivity index (χ3v) is 5.91. The standard InChI is InChI=1S/C19H13N3O2S2/c20-16(23)12-10-15(11-6-2-1-3-7-11)26-18(12)22-17(24)19-21-13-8-4-5-9-14(13)25-19/h1-10H,(H2,20,23)(H,22,24). The number of benzene rings is 2. The van der Waals surface area contributed by atoms with Crippen LogP contribution in [0.3, 0.4) is 0 Å². The van der Waals surface area contributed by atoms with Gasteiger partial charge < -0.3 is 11.1 Å². The minimum absolute atomic E-state index is 0.295. The van der Waals surface area contributed by atoms with E-state index >= 15 is 0 Å². The summed E-state index contributed by atoms with van der Waals surface area (Å²) in [5, 5.41) is 3.56. The van der Waals surface area contributed by atoms with Crippen molar-refractivity contribution in [2.24, 2.45) is 5.73 Å². The number of thiophene rings is 1. The maximum Gasteiger partial charge on any atom is 0.285 e. The number of aromatic nitrogens is 1. The van der Waals surface area contributed by atoms with Gasteiger partial charge in [-0.15, -0.1) is 22.7 Å². The van der Waals surface area contributed by atoms with E-state index in [0.29, 0.717) is 15.6 Å². The molecule has 0 saturated heterocycles. The lowest BCUT2D eigenvalue weighted by molar-refractivity contribution is 0.100. The van der Waals surface area contributed by atoms with E-state index in [9.17, 15) is 9.59 Å². The smallest absolute Gasteiger partial charge is 0.285 e. The first-order chi connectivity index (χ1) is 12.6. The number of fused-ring (bicyclic) bond motifs is 1. The predicted molar refractivity (Wildman–Crippen MR) is 106 cm³/mol. The summed E-state index contributed by atoms with van der Waals surface area (Å²) < 4.78 is 0.934. The van der Waals surface area contributed by atoms with Crippen LogP contribution >= 0.6 is 22.7 Å². The van der Waals surface area contributed by atoms with Crippen LogP contribution in [0.15, 0.2) is 60.7 Å². The van der Waals surface area contributed by atoms with Crippen molar-refractivity contribution in [1.29, 1.82) is 0 Å². The molecule has 26 heavy (non-hydrogen) atoms. The molecule has 0 radical (unpaired) electrons. The van der Waals surface area contributed by atoms with Crippen LogP contribution in [0.4, 0.5) is 5.00 Å². The van der Waals surface area contributed by atoms with Gasteiger partial charge in [0.2, 0.25) is 0 Å². The van der Waals surface area contributed by atoms with Crippen LogP contribution in [0, 0.1) is 0 Å². The Bertz CT molecular complexity index is 1080. The van der Waals surface area contributed by atoms with Crippen molar-refractivity contribution in [3.63, 3.8) is 0 Å². The normalized spacial score (nSPS) is 10.8. The third kappa shape index (κ3) is 3.10. The van der Waals surface area contributed by atoms with Gasteiger partial charge in [-0.2, -0.15) is 0 Å². The Balaban J connectivity index is 1.67. The van der Waals surface area contributed by atoms with Crippen LogP contribution in [0.2, 0.25) is 0 Å². The number of thiazole rings is 1. The molecule has 4 aromatic rings. The monoisotopic (exact) mass is 379 g/mol. The van der Waals surface area contributed by atoms with Gasteiger partial charge in [-0.25, -0.2) is 4.98 Å². The van der Waals surface area contributed by atoms with Gasteiger partial charge in [0.15, 0.2) is 5.01 Å². The number of nitrogens with one attached hydrogen (secondary N) is 1. The highest BCUT2D eigenvalue weighted by atomic mass is 32.1. The molecule has 7 heteroatoms. The molecule has 128 valence electrons. The maximum atomic E-state index is 12.6. The first kappa shape index (κ1) is 16.4. The van der Waals surface area contributed by atoms with Crippen molar-refractivity contribution in [2.75, 3.05) is 5.32 Å². The topological polar surface area (TPSA) is 85.1 Å². The number of carbonyl (C=O) groups is 2. The highest BCUT2D eigenvalue weighted by Gasteiger charge is 2.19. The number of hydrogen-bond donors (Lipinski definition) is 2. The van der Waals surface area contributed by atoms with Crippen molar-refractivity contribution >= 4 is 49.7 Å². The molecule has 2 heterocycles. The van der Waals surface area contributed by atoms with Gasteiger partial charge >= 0.3 is 0 Å². The first-order valence-corrected chi connectivity index (χ1v) is 9.41. The van der Waals surface area contributed by atoms with E-state index in [0.717, 1.165) is 20.7 Å². The molecule has 0 bridgehead atoms. The van der Waals surface area contributed by atoms with Crippen molar-refractivity contribution < 1.29 is 9.59 Å². The zero-order valence-corrected chi connectivity index (χ0v) is 15.1. The Kier molecular flexibility index (Phi) is 4.24. The van der Waals surface area contributed by atoms with E-state index in [1.54, 1.807) is 6.07 Å². The number of nitrogens with two attached hydrogens (primary N) is 1. The quantitative estimate of drug-likeness (QED) is 0.552. The number of primary amides is 1. The second-order valence-electron chi connectivity index (χ2n) is 5.52. The summed E-state index contributed by atoms with van der Waals surface area (Å²) in [5.41, 5.74) is 7.51. The van der Waals surface area contributed by atoms with Gasteiger partial charge in [0.1, 0.15) is 5.00 Å². The van der Waals surface area contributed by atoms with E-state index in [4.69, 9.17) is 5.73 Å². The van der Waals surface area contributed by atoms with Gasteiger partial charge in [0, 0.05) is 4.88 Å². The minimum atomic E-state index is -0.581. The fourth-order valence-corrected chi connectivity index (χ4v) is 4.46. The average Bonchev–Trinajstić information content (AvgIpc) is 3.26. The molecule has 0 aliphatic carbocycles. The van der Waals surface area contributed by atoms with E-state index in [2.05, 4.69) is 10.3 Å². The number of nitrogens with zero attached hydrogens (tertiary/aromatic N) is 1. The molecule has 4 rings (SSSR count). The molecule has 0 aliphatic rings. The fourth-order valence-electron chi connectivity index (χ4n) is 2.54.